The summed E-state index contributed by atoms with van der Waals surface area (Å²) in [6.07, 6.45) is 5.10. The molecule has 0 radical (unpaired) electrons. The molecule has 0 amide bonds. The molecule has 0 bridgehead atoms. The molecule has 2 aliphatic heterocycles. The van der Waals surface area contributed by atoms with Crippen LogP contribution in [0.15, 0.2) is 24.0 Å². The van der Waals surface area contributed by atoms with E-state index in [1.54, 1.807) is 13.0 Å². The molecule has 2 heterocycles. The van der Waals surface area contributed by atoms with Crippen LogP contribution in [0.25, 0.3) is 0 Å². The van der Waals surface area contributed by atoms with Crippen molar-refractivity contribution in [2.24, 2.45) is 0 Å². The van der Waals surface area contributed by atoms with Crippen LogP contribution in [-0.2, 0) is 19.1 Å². The summed E-state index contributed by atoms with van der Waals surface area (Å²) in [4.78, 5) is 21.9. The van der Waals surface area contributed by atoms with Gasteiger partial charge >= 0.3 is 11.9 Å². The van der Waals surface area contributed by atoms with Crippen molar-refractivity contribution in [3.8, 4) is 0 Å². The van der Waals surface area contributed by atoms with Crippen LogP contribution in [0.2, 0.25) is 0 Å². The quantitative estimate of drug-likeness (QED) is 0.440. The second kappa shape index (κ2) is 2.45. The van der Waals surface area contributed by atoms with Gasteiger partial charge in [-0.2, -0.15) is 0 Å². The first kappa shape index (κ1) is 8.04. The van der Waals surface area contributed by atoms with Gasteiger partial charge in [-0.15, -0.1) is 0 Å². The minimum atomic E-state index is -0.719. The van der Waals surface area contributed by atoms with Crippen molar-refractivity contribution in [2.45, 2.75) is 18.9 Å². The van der Waals surface area contributed by atoms with Gasteiger partial charge in [0.1, 0.15) is 5.60 Å². The minimum absolute atomic E-state index is 0.294. The van der Waals surface area contributed by atoms with Crippen molar-refractivity contribution >= 4 is 11.9 Å². The Morgan fingerprint density at radius 1 is 1.46 bits per heavy atom. The Labute approximate surface area is 74.8 Å². The van der Waals surface area contributed by atoms with Crippen LogP contribution < -0.4 is 0 Å². The molecule has 1 atom stereocenters. The zero-order valence-corrected chi connectivity index (χ0v) is 7.07. The number of hydrogen-bond acceptors (Lipinski definition) is 4. The molecule has 0 fully saturated rings. The van der Waals surface area contributed by atoms with Gasteiger partial charge in [0, 0.05) is 12.5 Å². The topological polar surface area (TPSA) is 52.6 Å². The van der Waals surface area contributed by atoms with E-state index in [0.717, 1.165) is 0 Å². The number of carbonyl (C=O) groups excluding carboxylic acids is 2. The Bertz CT molecular complexity index is 330. The second-order valence-electron chi connectivity index (χ2n) is 3.19. The van der Waals surface area contributed by atoms with Crippen LogP contribution in [0.5, 0.6) is 0 Å². The van der Waals surface area contributed by atoms with Crippen LogP contribution in [0.3, 0.4) is 0 Å². The lowest BCUT2D eigenvalue weighted by molar-refractivity contribution is -0.151. The highest BCUT2D eigenvalue weighted by atomic mass is 16.6. The van der Waals surface area contributed by atoms with E-state index in [1.165, 1.54) is 12.3 Å². The molecular formula is C9H8O4. The molecule has 0 aromatic heterocycles. The van der Waals surface area contributed by atoms with Gasteiger partial charge in [-0.05, 0) is 13.0 Å². The van der Waals surface area contributed by atoms with Crippen molar-refractivity contribution in [3.05, 3.63) is 24.0 Å². The second-order valence-corrected chi connectivity index (χ2v) is 3.19. The van der Waals surface area contributed by atoms with Crippen molar-refractivity contribution in [1.82, 2.24) is 0 Å². The predicted octanol–water partition coefficient (Wildman–Crippen LogP) is 0.689. The highest BCUT2D eigenvalue weighted by molar-refractivity contribution is 6.10. The Morgan fingerprint density at radius 3 is 2.69 bits per heavy atom. The van der Waals surface area contributed by atoms with Crippen molar-refractivity contribution in [2.75, 3.05) is 0 Å². The smallest absolute Gasteiger partial charge is 0.346 e. The van der Waals surface area contributed by atoms with Crippen LogP contribution >= 0.6 is 0 Å². The molecule has 0 spiro atoms. The third kappa shape index (κ3) is 1.14. The van der Waals surface area contributed by atoms with Crippen molar-refractivity contribution in [3.63, 3.8) is 0 Å². The SMILES string of the molecule is CC1(C2=CC(=O)OC2=O)CC=CO1. The van der Waals surface area contributed by atoms with Gasteiger partial charge in [0.25, 0.3) is 0 Å². The fourth-order valence-electron chi connectivity index (χ4n) is 1.41. The molecule has 0 aliphatic carbocycles. The largest absolute Gasteiger partial charge is 0.490 e. The summed E-state index contributed by atoms with van der Waals surface area (Å²) in [5, 5.41) is 0. The number of cyclic esters (lactones) is 2. The average molecular weight is 180 g/mol. The molecule has 0 saturated carbocycles. The van der Waals surface area contributed by atoms with E-state index in [4.69, 9.17) is 4.74 Å². The fraction of sp³-hybridized carbons (Fsp3) is 0.333. The molecule has 4 heteroatoms. The van der Waals surface area contributed by atoms with Gasteiger partial charge in [0.2, 0.25) is 0 Å². The molecule has 13 heavy (non-hydrogen) atoms. The number of rotatable bonds is 1. The first-order valence-corrected chi connectivity index (χ1v) is 3.93. The monoisotopic (exact) mass is 180 g/mol. The van der Waals surface area contributed by atoms with Gasteiger partial charge in [0.15, 0.2) is 0 Å². The van der Waals surface area contributed by atoms with Gasteiger partial charge in [0.05, 0.1) is 11.8 Å². The molecule has 0 N–H and O–H groups in total. The maximum absolute atomic E-state index is 11.2. The first-order chi connectivity index (χ1) is 6.12. The molecule has 0 aromatic rings. The molecule has 4 nitrogen and oxygen atoms in total. The standard InChI is InChI=1S/C9H8O4/c1-9(3-2-4-12-9)6-5-7(10)13-8(6)11/h2,4-5H,3H2,1H3. The summed E-state index contributed by atoms with van der Waals surface area (Å²) < 4.78 is 9.61. The van der Waals surface area contributed by atoms with Gasteiger partial charge in [-0.1, -0.05) is 0 Å². The van der Waals surface area contributed by atoms with Crippen molar-refractivity contribution < 1.29 is 19.1 Å². The Morgan fingerprint density at radius 2 is 2.23 bits per heavy atom. The number of carbonyl (C=O) groups is 2. The summed E-state index contributed by atoms with van der Waals surface area (Å²) >= 11 is 0. The fourth-order valence-corrected chi connectivity index (χ4v) is 1.41. The molecule has 1 unspecified atom stereocenters. The van der Waals surface area contributed by atoms with E-state index >= 15 is 0 Å². The summed E-state index contributed by atoms with van der Waals surface area (Å²) in [7, 11) is 0. The molecule has 0 saturated heterocycles. The highest BCUT2D eigenvalue weighted by Gasteiger charge is 2.41. The Kier molecular flexibility index (Phi) is 1.52. The molecule has 68 valence electrons. The summed E-state index contributed by atoms with van der Waals surface area (Å²) in [6, 6.07) is 0. The van der Waals surface area contributed by atoms with E-state index in [9.17, 15) is 9.59 Å². The van der Waals surface area contributed by atoms with Crippen molar-refractivity contribution in [1.29, 1.82) is 0 Å². The lowest BCUT2D eigenvalue weighted by Crippen LogP contribution is -2.29. The zero-order chi connectivity index (χ0) is 9.47. The van der Waals surface area contributed by atoms with Crippen LogP contribution in [-0.4, -0.2) is 17.5 Å². The Hall–Kier alpha value is -1.58. The predicted molar refractivity (Wildman–Crippen MR) is 42.4 cm³/mol. The van der Waals surface area contributed by atoms with E-state index in [-0.39, 0.29) is 0 Å². The van der Waals surface area contributed by atoms with E-state index in [0.29, 0.717) is 12.0 Å². The summed E-state index contributed by atoms with van der Waals surface area (Å²) in [6.45, 7) is 1.75. The number of esters is 2. The molecular weight excluding hydrogens is 172 g/mol. The van der Waals surface area contributed by atoms with Crippen LogP contribution in [0.4, 0.5) is 0 Å². The lowest BCUT2D eigenvalue weighted by Gasteiger charge is -2.22. The van der Waals surface area contributed by atoms with Gasteiger partial charge in [-0.25, -0.2) is 9.59 Å². The average Bonchev–Trinajstić information content (AvgIpc) is 2.59. The van der Waals surface area contributed by atoms with Gasteiger partial charge in [-0.3, -0.25) is 0 Å². The minimum Gasteiger partial charge on any atom is -0.490 e. The number of hydrogen-bond donors (Lipinski definition) is 0. The zero-order valence-electron chi connectivity index (χ0n) is 7.07. The van der Waals surface area contributed by atoms with E-state index in [1.807, 2.05) is 0 Å². The maximum Gasteiger partial charge on any atom is 0.346 e. The molecule has 2 aliphatic rings. The van der Waals surface area contributed by atoms with Gasteiger partial charge < -0.3 is 9.47 Å². The van der Waals surface area contributed by atoms with Crippen LogP contribution in [0.1, 0.15) is 13.3 Å². The highest BCUT2D eigenvalue weighted by Crippen LogP contribution is 2.33. The summed E-state index contributed by atoms with van der Waals surface area (Å²) in [5.41, 5.74) is -0.425. The van der Waals surface area contributed by atoms with Crippen LogP contribution in [0, 0.1) is 0 Å². The summed E-state index contributed by atoms with van der Waals surface area (Å²) in [5.74, 6) is -1.21. The maximum atomic E-state index is 11.2. The number of ether oxygens (including phenoxy) is 2. The molecule has 2 rings (SSSR count). The van der Waals surface area contributed by atoms with E-state index in [2.05, 4.69) is 4.74 Å². The first-order valence-electron chi connectivity index (χ1n) is 3.93. The lowest BCUT2D eigenvalue weighted by atomic mass is 9.93. The molecule has 0 aromatic carbocycles. The third-order valence-electron chi connectivity index (χ3n) is 2.18. The third-order valence-corrected chi connectivity index (χ3v) is 2.18. The Balaban J connectivity index is 2.30. The normalized spacial score (nSPS) is 31.6. The van der Waals surface area contributed by atoms with E-state index < -0.39 is 17.5 Å².